The fraction of sp³-hybridized carbons (Fsp3) is 0. The molecule has 0 aliphatic heterocycles. The fourth-order valence-electron chi connectivity index (χ4n) is 1.52. The normalized spacial score (nSPS) is 11.5. The van der Waals surface area contributed by atoms with Gasteiger partial charge in [0.15, 0.2) is 0 Å². The predicted molar refractivity (Wildman–Crippen MR) is 67.0 cm³/mol. The van der Waals surface area contributed by atoms with E-state index in [4.69, 9.17) is 0 Å². The highest BCUT2D eigenvalue weighted by molar-refractivity contribution is 7.11. The lowest BCUT2D eigenvalue weighted by molar-refractivity contribution is 0.915. The molecule has 0 aliphatic carbocycles. The van der Waals surface area contributed by atoms with E-state index in [0.29, 0.717) is 0 Å². The van der Waals surface area contributed by atoms with Crippen molar-refractivity contribution in [3.05, 3.63) is 53.0 Å². The number of aromatic nitrogens is 2. The van der Waals surface area contributed by atoms with Gasteiger partial charge >= 0.3 is 0 Å². The number of benzene rings is 1. The molecular weight excluding hydrogens is 218 g/mol. The van der Waals surface area contributed by atoms with Crippen LogP contribution >= 0.6 is 11.3 Å². The summed E-state index contributed by atoms with van der Waals surface area (Å²) in [4.78, 5) is 5.41. The van der Waals surface area contributed by atoms with E-state index in [1.807, 2.05) is 48.0 Å². The van der Waals surface area contributed by atoms with Gasteiger partial charge in [0, 0.05) is 4.88 Å². The van der Waals surface area contributed by atoms with Crippen LogP contribution in [0.2, 0.25) is 0 Å². The third-order valence-electron chi connectivity index (χ3n) is 2.29. The van der Waals surface area contributed by atoms with Crippen molar-refractivity contribution in [3.8, 4) is 0 Å². The zero-order valence-electron chi connectivity index (χ0n) is 8.45. The fourth-order valence-corrected chi connectivity index (χ4v) is 2.10. The van der Waals surface area contributed by atoms with E-state index in [-0.39, 0.29) is 0 Å². The summed E-state index contributed by atoms with van der Waals surface area (Å²) in [5, 5.41) is 6.41. The Bertz CT molecular complexity index is 623. The predicted octanol–water partition coefficient (Wildman–Crippen LogP) is 2.98. The van der Waals surface area contributed by atoms with Crippen molar-refractivity contribution in [1.29, 1.82) is 0 Å². The van der Waals surface area contributed by atoms with E-state index in [9.17, 15) is 0 Å². The highest BCUT2D eigenvalue weighted by atomic mass is 32.1. The molecule has 3 aromatic rings. The molecular formula is C12H9N3S. The van der Waals surface area contributed by atoms with Gasteiger partial charge in [-0.15, -0.1) is 11.3 Å². The van der Waals surface area contributed by atoms with Crippen LogP contribution in [0.15, 0.2) is 53.2 Å². The Hall–Kier alpha value is -1.94. The number of hydrogen-bond acceptors (Lipinski definition) is 3. The summed E-state index contributed by atoms with van der Waals surface area (Å²) in [7, 11) is 0. The molecule has 78 valence electrons. The van der Waals surface area contributed by atoms with Crippen LogP contribution in [-0.4, -0.2) is 15.9 Å². The van der Waals surface area contributed by atoms with E-state index < -0.39 is 0 Å². The zero-order valence-corrected chi connectivity index (χ0v) is 9.26. The van der Waals surface area contributed by atoms with Crippen LogP contribution in [0.3, 0.4) is 0 Å². The first-order valence-electron chi connectivity index (χ1n) is 4.93. The number of para-hydroxylation sites is 2. The SMILES string of the molecule is C(=N/n1cnc2ccccc21)/c1cccs1. The summed E-state index contributed by atoms with van der Waals surface area (Å²) in [5.41, 5.74) is 1.99. The number of fused-ring (bicyclic) bond motifs is 1. The number of nitrogens with zero attached hydrogens (tertiary/aromatic N) is 3. The largest absolute Gasteiger partial charge is 0.235 e. The lowest BCUT2D eigenvalue weighted by Crippen LogP contribution is -1.86. The van der Waals surface area contributed by atoms with Crippen LogP contribution in [0.25, 0.3) is 11.0 Å². The molecule has 0 unspecified atom stereocenters. The van der Waals surface area contributed by atoms with Crippen molar-refractivity contribution in [2.24, 2.45) is 5.10 Å². The third kappa shape index (κ3) is 1.63. The topological polar surface area (TPSA) is 30.2 Å². The molecule has 0 atom stereocenters. The number of imidazole rings is 1. The molecule has 0 amide bonds. The Labute approximate surface area is 96.7 Å². The third-order valence-corrected chi connectivity index (χ3v) is 3.09. The summed E-state index contributed by atoms with van der Waals surface area (Å²) in [5.74, 6) is 0. The Morgan fingerprint density at radius 1 is 1.19 bits per heavy atom. The first-order valence-corrected chi connectivity index (χ1v) is 5.81. The van der Waals surface area contributed by atoms with E-state index in [1.165, 1.54) is 0 Å². The molecule has 16 heavy (non-hydrogen) atoms. The van der Waals surface area contributed by atoms with Crippen LogP contribution in [0.4, 0.5) is 0 Å². The quantitative estimate of drug-likeness (QED) is 0.619. The van der Waals surface area contributed by atoms with Crippen LogP contribution in [0.5, 0.6) is 0 Å². The summed E-state index contributed by atoms with van der Waals surface area (Å²) in [6.45, 7) is 0. The van der Waals surface area contributed by atoms with Gasteiger partial charge in [0.2, 0.25) is 0 Å². The van der Waals surface area contributed by atoms with Gasteiger partial charge in [0.05, 0.1) is 17.2 Å². The molecule has 4 heteroatoms. The van der Waals surface area contributed by atoms with Gasteiger partial charge in [-0.2, -0.15) is 5.10 Å². The maximum atomic E-state index is 4.38. The number of rotatable bonds is 2. The van der Waals surface area contributed by atoms with Gasteiger partial charge in [-0.25, -0.2) is 9.66 Å². The molecule has 0 saturated carbocycles. The van der Waals surface area contributed by atoms with Crippen LogP contribution < -0.4 is 0 Å². The minimum atomic E-state index is 0.964. The summed E-state index contributed by atoms with van der Waals surface area (Å²) >= 11 is 1.67. The standard InChI is InChI=1S/C12H9N3S/c1-2-6-12-11(5-1)13-9-15(12)14-8-10-4-3-7-16-10/h1-9H/b14-8-. The van der Waals surface area contributed by atoms with Crippen LogP contribution in [-0.2, 0) is 0 Å². The van der Waals surface area contributed by atoms with Crippen molar-refractivity contribution in [3.63, 3.8) is 0 Å². The molecule has 2 aromatic heterocycles. The monoisotopic (exact) mass is 227 g/mol. The Morgan fingerprint density at radius 3 is 3.00 bits per heavy atom. The Kier molecular flexibility index (Phi) is 2.27. The second-order valence-electron chi connectivity index (χ2n) is 3.34. The molecule has 1 aromatic carbocycles. The van der Waals surface area contributed by atoms with Crippen molar-refractivity contribution in [2.75, 3.05) is 0 Å². The lowest BCUT2D eigenvalue weighted by atomic mass is 10.3. The summed E-state index contributed by atoms with van der Waals surface area (Å²) in [6.07, 6.45) is 3.58. The molecule has 0 aliphatic rings. The molecule has 3 nitrogen and oxygen atoms in total. The van der Waals surface area contributed by atoms with Crippen molar-refractivity contribution in [2.45, 2.75) is 0 Å². The van der Waals surface area contributed by atoms with Crippen molar-refractivity contribution in [1.82, 2.24) is 9.66 Å². The molecule has 2 heterocycles. The molecule has 0 N–H and O–H groups in total. The number of thiophene rings is 1. The van der Waals surface area contributed by atoms with Crippen molar-refractivity contribution < 1.29 is 0 Å². The molecule has 3 rings (SSSR count). The minimum absolute atomic E-state index is 0.964. The van der Waals surface area contributed by atoms with Gasteiger partial charge < -0.3 is 0 Å². The van der Waals surface area contributed by atoms with E-state index in [2.05, 4.69) is 10.1 Å². The average Bonchev–Trinajstić information content (AvgIpc) is 2.96. The second-order valence-corrected chi connectivity index (χ2v) is 4.32. The minimum Gasteiger partial charge on any atom is -0.235 e. The van der Waals surface area contributed by atoms with Gasteiger partial charge in [0.25, 0.3) is 0 Å². The molecule has 0 radical (unpaired) electrons. The van der Waals surface area contributed by atoms with E-state index >= 15 is 0 Å². The van der Waals surface area contributed by atoms with Gasteiger partial charge in [-0.05, 0) is 23.6 Å². The lowest BCUT2D eigenvalue weighted by Gasteiger charge is -1.93. The number of hydrogen-bond donors (Lipinski definition) is 0. The molecule has 0 saturated heterocycles. The first-order chi connectivity index (χ1) is 7.93. The van der Waals surface area contributed by atoms with E-state index in [1.54, 1.807) is 22.3 Å². The highest BCUT2D eigenvalue weighted by Gasteiger charge is 1.98. The summed E-state index contributed by atoms with van der Waals surface area (Å²) < 4.78 is 1.79. The second kappa shape index (κ2) is 3.90. The zero-order chi connectivity index (χ0) is 10.8. The maximum Gasteiger partial charge on any atom is 0.118 e. The maximum absolute atomic E-state index is 4.38. The van der Waals surface area contributed by atoms with Gasteiger partial charge in [-0.1, -0.05) is 18.2 Å². The van der Waals surface area contributed by atoms with Crippen molar-refractivity contribution >= 4 is 28.6 Å². The van der Waals surface area contributed by atoms with Gasteiger partial charge in [0.1, 0.15) is 6.33 Å². The average molecular weight is 227 g/mol. The Balaban J connectivity index is 2.01. The van der Waals surface area contributed by atoms with Gasteiger partial charge in [-0.3, -0.25) is 0 Å². The van der Waals surface area contributed by atoms with Crippen LogP contribution in [0.1, 0.15) is 4.88 Å². The van der Waals surface area contributed by atoms with E-state index in [0.717, 1.165) is 15.9 Å². The molecule has 0 bridgehead atoms. The highest BCUT2D eigenvalue weighted by Crippen LogP contribution is 2.12. The Morgan fingerprint density at radius 2 is 2.12 bits per heavy atom. The summed E-state index contributed by atoms with van der Waals surface area (Å²) in [6, 6.07) is 12.0. The molecule has 0 fully saturated rings. The smallest absolute Gasteiger partial charge is 0.118 e. The molecule has 0 spiro atoms. The van der Waals surface area contributed by atoms with Crippen LogP contribution in [0, 0.1) is 0 Å². The first kappa shape index (κ1) is 9.30.